The molecule has 0 aliphatic rings. The summed E-state index contributed by atoms with van der Waals surface area (Å²) in [6.45, 7) is 7.03. The molecule has 0 bridgehead atoms. The summed E-state index contributed by atoms with van der Waals surface area (Å²) in [6, 6.07) is 13.1. The molecule has 0 aliphatic heterocycles. The van der Waals surface area contributed by atoms with Gasteiger partial charge in [0.25, 0.3) is 5.56 Å². The number of carbonyl (C=O) groups is 1. The van der Waals surface area contributed by atoms with Gasteiger partial charge in [-0.25, -0.2) is 13.8 Å². The summed E-state index contributed by atoms with van der Waals surface area (Å²) < 4.78 is 16.8. The van der Waals surface area contributed by atoms with Crippen LogP contribution in [0, 0.1) is 26.6 Å². The Hall–Kier alpha value is -3.81. The molecular weight excluding hydrogens is 409 g/mol. The second kappa shape index (κ2) is 8.37. The molecule has 4 aromatic rings. The van der Waals surface area contributed by atoms with E-state index in [0.717, 1.165) is 5.69 Å². The van der Waals surface area contributed by atoms with E-state index in [1.54, 1.807) is 37.6 Å². The highest BCUT2D eigenvalue weighted by molar-refractivity contribution is 5.94. The topological polar surface area (TPSA) is 81.8 Å². The van der Waals surface area contributed by atoms with Crippen molar-refractivity contribution in [1.29, 1.82) is 0 Å². The van der Waals surface area contributed by atoms with E-state index in [0.29, 0.717) is 40.0 Å². The molecule has 164 valence electrons. The number of aromatic nitrogens is 4. The van der Waals surface area contributed by atoms with E-state index in [1.165, 1.54) is 10.7 Å². The van der Waals surface area contributed by atoms with Crippen molar-refractivity contribution in [1.82, 2.24) is 19.6 Å². The predicted molar refractivity (Wildman–Crippen MR) is 122 cm³/mol. The molecule has 0 fully saturated rings. The molecule has 2 heterocycles. The molecule has 0 spiro atoms. The molecule has 4 rings (SSSR count). The lowest BCUT2D eigenvalue weighted by Gasteiger charge is -2.17. The molecule has 32 heavy (non-hydrogen) atoms. The number of hydrogen-bond acceptors (Lipinski definition) is 4. The molecule has 1 amide bonds. The number of nitrogens with one attached hydrogen (secondary N) is 1. The van der Waals surface area contributed by atoms with Crippen LogP contribution in [-0.4, -0.2) is 25.5 Å². The van der Waals surface area contributed by atoms with Gasteiger partial charge in [0.1, 0.15) is 17.4 Å². The lowest BCUT2D eigenvalue weighted by Crippen LogP contribution is -2.35. The number of halogens is 1. The van der Waals surface area contributed by atoms with Gasteiger partial charge in [0.2, 0.25) is 5.91 Å². The highest BCUT2D eigenvalue weighted by Crippen LogP contribution is 2.22. The summed E-state index contributed by atoms with van der Waals surface area (Å²) in [6.07, 6.45) is 0.337. The number of rotatable bonds is 5. The van der Waals surface area contributed by atoms with Crippen molar-refractivity contribution >= 4 is 22.5 Å². The molecule has 2 aromatic carbocycles. The van der Waals surface area contributed by atoms with Crippen molar-refractivity contribution in [2.75, 3.05) is 5.32 Å². The maximum absolute atomic E-state index is 13.9. The van der Waals surface area contributed by atoms with Gasteiger partial charge in [-0.3, -0.25) is 9.59 Å². The number of fused-ring (bicyclic) bond motifs is 1. The van der Waals surface area contributed by atoms with Gasteiger partial charge in [0.05, 0.1) is 22.5 Å². The monoisotopic (exact) mass is 433 g/mol. The van der Waals surface area contributed by atoms with Crippen molar-refractivity contribution < 1.29 is 9.18 Å². The first-order valence-electron chi connectivity index (χ1n) is 10.4. The van der Waals surface area contributed by atoms with Gasteiger partial charge in [-0.2, -0.15) is 10.2 Å². The smallest absolute Gasteiger partial charge is 0.278 e. The minimum atomic E-state index is -0.852. The summed E-state index contributed by atoms with van der Waals surface area (Å²) >= 11 is 0. The zero-order chi connectivity index (χ0) is 23.0. The van der Waals surface area contributed by atoms with Crippen LogP contribution >= 0.6 is 0 Å². The lowest BCUT2D eigenvalue weighted by molar-refractivity contribution is -0.119. The second-order valence-electron chi connectivity index (χ2n) is 7.77. The molecule has 7 nitrogen and oxygen atoms in total. The van der Waals surface area contributed by atoms with Crippen LogP contribution in [0.1, 0.15) is 36.3 Å². The van der Waals surface area contributed by atoms with Crippen molar-refractivity contribution in [3.63, 3.8) is 0 Å². The molecular formula is C24H24FN5O2. The second-order valence-corrected chi connectivity index (χ2v) is 7.77. The van der Waals surface area contributed by atoms with Crippen molar-refractivity contribution in [2.24, 2.45) is 0 Å². The highest BCUT2D eigenvalue weighted by atomic mass is 19.1. The molecule has 0 saturated carbocycles. The van der Waals surface area contributed by atoms with E-state index in [-0.39, 0.29) is 5.56 Å². The normalized spacial score (nSPS) is 12.2. The third kappa shape index (κ3) is 3.68. The van der Waals surface area contributed by atoms with Crippen LogP contribution in [0.4, 0.5) is 10.1 Å². The third-order valence-electron chi connectivity index (χ3n) is 5.56. The summed E-state index contributed by atoms with van der Waals surface area (Å²) in [7, 11) is 0. The van der Waals surface area contributed by atoms with Crippen LogP contribution in [0.15, 0.2) is 53.3 Å². The summed E-state index contributed by atoms with van der Waals surface area (Å²) in [5.41, 5.74) is 2.98. The van der Waals surface area contributed by atoms with Gasteiger partial charge < -0.3 is 5.32 Å². The van der Waals surface area contributed by atoms with Gasteiger partial charge in [-0.15, -0.1) is 0 Å². The number of hydrogen-bond donors (Lipinski definition) is 1. The third-order valence-corrected chi connectivity index (χ3v) is 5.56. The van der Waals surface area contributed by atoms with Gasteiger partial charge in [-0.05, 0) is 57.0 Å². The van der Waals surface area contributed by atoms with E-state index < -0.39 is 17.8 Å². The van der Waals surface area contributed by atoms with Gasteiger partial charge in [0.15, 0.2) is 0 Å². The van der Waals surface area contributed by atoms with Gasteiger partial charge >= 0.3 is 0 Å². The number of anilines is 1. The number of nitrogens with zero attached hydrogens (tertiary/aromatic N) is 4. The Balaban J connectivity index is 1.78. The van der Waals surface area contributed by atoms with Crippen LogP contribution in [0.25, 0.3) is 16.6 Å². The first kappa shape index (κ1) is 21.4. The first-order chi connectivity index (χ1) is 15.3. The Morgan fingerprint density at radius 3 is 2.47 bits per heavy atom. The average Bonchev–Trinajstić information content (AvgIpc) is 3.13. The van der Waals surface area contributed by atoms with Gasteiger partial charge in [0, 0.05) is 5.69 Å². The summed E-state index contributed by atoms with van der Waals surface area (Å²) in [5, 5.41) is 12.1. The predicted octanol–water partition coefficient (Wildman–Crippen LogP) is 4.24. The molecule has 8 heteroatoms. The summed E-state index contributed by atoms with van der Waals surface area (Å²) in [5.74, 6) is -0.843. The van der Waals surface area contributed by atoms with Gasteiger partial charge in [-0.1, -0.05) is 31.2 Å². The van der Waals surface area contributed by atoms with E-state index in [1.807, 2.05) is 37.3 Å². The fourth-order valence-electron chi connectivity index (χ4n) is 3.78. The Morgan fingerprint density at radius 2 is 1.81 bits per heavy atom. The molecule has 0 radical (unpaired) electrons. The molecule has 0 unspecified atom stereocenters. The highest BCUT2D eigenvalue weighted by Gasteiger charge is 2.25. The molecule has 2 aromatic heterocycles. The van der Waals surface area contributed by atoms with E-state index in [4.69, 9.17) is 0 Å². The number of carbonyl (C=O) groups excluding carboxylic acids is 1. The maximum atomic E-state index is 13.9. The number of amides is 1. The quantitative estimate of drug-likeness (QED) is 0.511. The minimum Gasteiger partial charge on any atom is -0.324 e. The number of aryl methyl sites for hydroxylation is 3. The zero-order valence-electron chi connectivity index (χ0n) is 18.4. The molecule has 0 aliphatic carbocycles. The van der Waals surface area contributed by atoms with Crippen molar-refractivity contribution in [3.8, 4) is 5.69 Å². The molecule has 0 saturated heterocycles. The van der Waals surface area contributed by atoms with E-state index in [9.17, 15) is 14.0 Å². The van der Waals surface area contributed by atoms with E-state index >= 15 is 0 Å². The Morgan fingerprint density at radius 1 is 1.09 bits per heavy atom. The van der Waals surface area contributed by atoms with E-state index in [2.05, 4.69) is 15.5 Å². The van der Waals surface area contributed by atoms with Crippen LogP contribution < -0.4 is 10.9 Å². The Labute approximate surface area is 184 Å². The standard InChI is InChI=1S/C24H24FN5O2/c1-5-20(23(31)26-17-12-11-14(2)19(25)13-17)30-24(32)21-16(4)29(18-9-7-6-8-10-18)28-22(21)15(3)27-30/h6-13,20H,5H2,1-4H3,(H,26,31)/t20-/m1/s1. The van der Waals surface area contributed by atoms with Crippen LogP contribution in [0.3, 0.4) is 0 Å². The average molecular weight is 433 g/mol. The largest absolute Gasteiger partial charge is 0.324 e. The lowest BCUT2D eigenvalue weighted by atomic mass is 10.1. The van der Waals surface area contributed by atoms with Crippen molar-refractivity contribution in [3.05, 3.63) is 81.7 Å². The zero-order valence-corrected chi connectivity index (χ0v) is 18.4. The molecule has 1 N–H and O–H groups in total. The number of benzene rings is 2. The SMILES string of the molecule is CC[C@H](C(=O)Nc1ccc(C)c(F)c1)n1nc(C)c2nn(-c3ccccc3)c(C)c2c1=O. The van der Waals surface area contributed by atoms with Crippen molar-refractivity contribution in [2.45, 2.75) is 40.2 Å². The molecule has 1 atom stereocenters. The first-order valence-corrected chi connectivity index (χ1v) is 10.4. The van der Waals surface area contributed by atoms with Crippen LogP contribution in [-0.2, 0) is 4.79 Å². The van der Waals surface area contributed by atoms with Crippen LogP contribution in [0.5, 0.6) is 0 Å². The minimum absolute atomic E-state index is 0.329. The Kier molecular flexibility index (Phi) is 5.61. The Bertz CT molecular complexity index is 1370. The fourth-order valence-corrected chi connectivity index (χ4v) is 3.78. The van der Waals surface area contributed by atoms with Crippen LogP contribution in [0.2, 0.25) is 0 Å². The fraction of sp³-hybridized carbons (Fsp3) is 0.250. The summed E-state index contributed by atoms with van der Waals surface area (Å²) in [4.78, 5) is 26.4. The maximum Gasteiger partial charge on any atom is 0.278 e. The number of para-hydroxylation sites is 1.